The number of carbonyl (C=O) groups is 1. The van der Waals surface area contributed by atoms with E-state index in [9.17, 15) is 9.90 Å². The Morgan fingerprint density at radius 3 is 2.41 bits per heavy atom. The molecule has 0 heterocycles. The van der Waals surface area contributed by atoms with Gasteiger partial charge in [-0.1, -0.05) is 47.5 Å². The largest absolute Gasteiger partial charge is 0.495 e. The third-order valence-corrected chi connectivity index (χ3v) is 5.03. The molecule has 0 saturated carbocycles. The normalized spacial score (nSPS) is 10.4. The van der Waals surface area contributed by atoms with Gasteiger partial charge in [-0.05, 0) is 36.4 Å². The van der Waals surface area contributed by atoms with E-state index in [1.807, 2.05) is 24.3 Å². The van der Waals surface area contributed by atoms with Crippen molar-refractivity contribution in [3.8, 4) is 11.5 Å². The summed E-state index contributed by atoms with van der Waals surface area (Å²) in [6.07, 6.45) is 0. The number of rotatable bonds is 8. The van der Waals surface area contributed by atoms with Crippen LogP contribution in [-0.4, -0.2) is 18.2 Å². The lowest BCUT2D eigenvalue weighted by Crippen LogP contribution is -2.06. The van der Waals surface area contributed by atoms with Crippen LogP contribution in [0.3, 0.4) is 0 Å². The number of benzene rings is 3. The third kappa shape index (κ3) is 5.13. The summed E-state index contributed by atoms with van der Waals surface area (Å²) in [7, 11) is 1.53. The van der Waals surface area contributed by atoms with E-state index in [0.29, 0.717) is 33.8 Å². The zero-order valence-corrected chi connectivity index (χ0v) is 17.1. The highest BCUT2D eigenvalue weighted by molar-refractivity contribution is 6.35. The van der Waals surface area contributed by atoms with Crippen LogP contribution in [0.2, 0.25) is 10.0 Å². The number of ether oxygens (including phenoxy) is 2. The van der Waals surface area contributed by atoms with E-state index < -0.39 is 5.97 Å². The zero-order chi connectivity index (χ0) is 20.8. The Kier molecular flexibility index (Phi) is 6.86. The third-order valence-electron chi connectivity index (χ3n) is 4.32. The van der Waals surface area contributed by atoms with Crippen LogP contribution >= 0.6 is 23.2 Å². The van der Waals surface area contributed by atoms with E-state index in [0.717, 1.165) is 11.1 Å². The molecule has 7 heteroatoms. The molecular formula is C22H19Cl2NO4. The number of anilines is 1. The molecule has 3 rings (SSSR count). The van der Waals surface area contributed by atoms with Gasteiger partial charge in [0.2, 0.25) is 0 Å². The Morgan fingerprint density at radius 2 is 1.72 bits per heavy atom. The van der Waals surface area contributed by atoms with Crippen LogP contribution < -0.4 is 14.8 Å². The molecule has 0 saturated heterocycles. The summed E-state index contributed by atoms with van der Waals surface area (Å²) in [5.41, 5.74) is 2.36. The Labute approximate surface area is 178 Å². The molecule has 150 valence electrons. The van der Waals surface area contributed by atoms with Gasteiger partial charge in [0.15, 0.2) is 0 Å². The fourth-order valence-corrected chi connectivity index (χ4v) is 3.29. The van der Waals surface area contributed by atoms with Gasteiger partial charge in [0.1, 0.15) is 18.1 Å². The molecule has 0 radical (unpaired) electrons. The van der Waals surface area contributed by atoms with Crippen LogP contribution in [0.15, 0.2) is 60.7 Å². The number of para-hydroxylation sites is 1. The molecule has 0 bridgehead atoms. The monoisotopic (exact) mass is 431 g/mol. The summed E-state index contributed by atoms with van der Waals surface area (Å²) in [5.74, 6) is 0.219. The molecular weight excluding hydrogens is 413 g/mol. The van der Waals surface area contributed by atoms with Crippen LogP contribution in [0.4, 0.5) is 5.69 Å². The minimum absolute atomic E-state index is 0.172. The highest BCUT2D eigenvalue weighted by atomic mass is 35.5. The molecule has 0 spiro atoms. The summed E-state index contributed by atoms with van der Waals surface area (Å²) in [6.45, 7) is 0.638. The minimum atomic E-state index is -1.00. The number of aromatic carboxylic acids is 1. The molecule has 3 aromatic carbocycles. The molecule has 0 aliphatic heterocycles. The zero-order valence-electron chi connectivity index (χ0n) is 15.6. The second kappa shape index (κ2) is 9.54. The maximum absolute atomic E-state index is 11.2. The van der Waals surface area contributed by atoms with Crippen molar-refractivity contribution in [1.82, 2.24) is 0 Å². The molecule has 3 aromatic rings. The predicted molar refractivity (Wildman–Crippen MR) is 115 cm³/mol. The van der Waals surface area contributed by atoms with Gasteiger partial charge in [0.25, 0.3) is 0 Å². The number of hydrogen-bond donors (Lipinski definition) is 2. The van der Waals surface area contributed by atoms with E-state index in [4.69, 9.17) is 32.7 Å². The molecule has 0 aliphatic carbocycles. The van der Waals surface area contributed by atoms with Crippen LogP contribution in [0.25, 0.3) is 0 Å². The first-order chi connectivity index (χ1) is 14.0. The van der Waals surface area contributed by atoms with E-state index in [2.05, 4.69) is 5.32 Å². The Balaban J connectivity index is 1.76. The van der Waals surface area contributed by atoms with E-state index in [-0.39, 0.29) is 12.2 Å². The molecule has 0 aromatic heterocycles. The van der Waals surface area contributed by atoms with Gasteiger partial charge < -0.3 is 19.9 Å². The smallest absolute Gasteiger partial charge is 0.335 e. The summed E-state index contributed by atoms with van der Waals surface area (Å²) in [5, 5.41) is 13.5. The lowest BCUT2D eigenvalue weighted by Gasteiger charge is -2.15. The van der Waals surface area contributed by atoms with E-state index in [1.165, 1.54) is 19.2 Å². The molecule has 0 fully saturated rings. The Morgan fingerprint density at radius 1 is 1.00 bits per heavy atom. The first-order valence-corrected chi connectivity index (χ1v) is 9.54. The lowest BCUT2D eigenvalue weighted by atomic mass is 10.1. The Hall–Kier alpha value is -2.89. The predicted octanol–water partition coefficient (Wildman–Crippen LogP) is 5.89. The minimum Gasteiger partial charge on any atom is -0.495 e. The number of nitrogens with one attached hydrogen (secondary N) is 1. The second-order valence-electron chi connectivity index (χ2n) is 6.17. The van der Waals surface area contributed by atoms with Gasteiger partial charge in [-0.3, -0.25) is 0 Å². The highest BCUT2D eigenvalue weighted by Crippen LogP contribution is 2.29. The average molecular weight is 432 g/mol. The van der Waals surface area contributed by atoms with Crippen molar-refractivity contribution in [2.24, 2.45) is 0 Å². The number of methoxy groups -OCH3 is 1. The van der Waals surface area contributed by atoms with Crippen molar-refractivity contribution in [2.75, 3.05) is 12.4 Å². The van der Waals surface area contributed by atoms with E-state index >= 15 is 0 Å². The number of carboxylic acid groups (broad SMARTS) is 1. The first kappa shape index (κ1) is 20.8. The summed E-state index contributed by atoms with van der Waals surface area (Å²) in [6, 6.07) is 17.5. The summed E-state index contributed by atoms with van der Waals surface area (Å²) in [4.78, 5) is 11.2. The second-order valence-corrected chi connectivity index (χ2v) is 6.98. The van der Waals surface area contributed by atoms with Crippen molar-refractivity contribution in [3.05, 3.63) is 87.4 Å². The topological polar surface area (TPSA) is 67.8 Å². The summed E-state index contributed by atoms with van der Waals surface area (Å²) < 4.78 is 11.3. The number of halogens is 2. The molecule has 0 aliphatic rings. The maximum Gasteiger partial charge on any atom is 0.335 e. The van der Waals surface area contributed by atoms with Crippen LogP contribution in [0.5, 0.6) is 11.5 Å². The van der Waals surface area contributed by atoms with E-state index in [1.54, 1.807) is 24.3 Å². The van der Waals surface area contributed by atoms with Crippen molar-refractivity contribution < 1.29 is 19.4 Å². The van der Waals surface area contributed by atoms with Crippen LogP contribution in [0, 0.1) is 0 Å². The fraction of sp³-hybridized carbons (Fsp3) is 0.136. The van der Waals surface area contributed by atoms with Gasteiger partial charge in [0, 0.05) is 27.7 Å². The van der Waals surface area contributed by atoms with Gasteiger partial charge in [-0.25, -0.2) is 4.79 Å². The highest BCUT2D eigenvalue weighted by Gasteiger charge is 2.11. The van der Waals surface area contributed by atoms with Crippen molar-refractivity contribution in [3.63, 3.8) is 0 Å². The van der Waals surface area contributed by atoms with Crippen molar-refractivity contribution in [2.45, 2.75) is 13.2 Å². The first-order valence-electron chi connectivity index (χ1n) is 8.78. The maximum atomic E-state index is 11.2. The van der Waals surface area contributed by atoms with Gasteiger partial charge in [-0.2, -0.15) is 0 Å². The molecule has 2 N–H and O–H groups in total. The lowest BCUT2D eigenvalue weighted by molar-refractivity contribution is 0.0697. The van der Waals surface area contributed by atoms with Crippen molar-refractivity contribution in [1.29, 1.82) is 0 Å². The molecule has 0 amide bonds. The van der Waals surface area contributed by atoms with Crippen molar-refractivity contribution >= 4 is 34.9 Å². The standard InChI is InChI=1S/C22H19Cl2NO4/c1-28-21-10-9-14(22(26)27)11-19(21)25-12-15-5-2-3-8-20(15)29-13-16-17(23)6-4-7-18(16)24/h2-11,25H,12-13H2,1H3,(H,26,27). The summed E-state index contributed by atoms with van der Waals surface area (Å²) >= 11 is 12.4. The van der Waals surface area contributed by atoms with Gasteiger partial charge >= 0.3 is 5.97 Å². The average Bonchev–Trinajstić information content (AvgIpc) is 2.72. The Bertz CT molecular complexity index is 1000. The molecule has 5 nitrogen and oxygen atoms in total. The molecule has 0 atom stereocenters. The van der Waals surface area contributed by atoms with Crippen LogP contribution in [-0.2, 0) is 13.2 Å². The quantitative estimate of drug-likeness (QED) is 0.465. The fourth-order valence-electron chi connectivity index (χ4n) is 2.78. The molecule has 0 unspecified atom stereocenters. The SMILES string of the molecule is COc1ccc(C(=O)O)cc1NCc1ccccc1OCc1c(Cl)cccc1Cl. The van der Waals surface area contributed by atoms with Gasteiger partial charge in [-0.15, -0.1) is 0 Å². The number of carboxylic acids is 1. The van der Waals surface area contributed by atoms with Gasteiger partial charge in [0.05, 0.1) is 18.4 Å². The molecule has 29 heavy (non-hydrogen) atoms. The number of hydrogen-bond acceptors (Lipinski definition) is 4. The van der Waals surface area contributed by atoms with Crippen LogP contribution in [0.1, 0.15) is 21.5 Å².